The lowest BCUT2D eigenvalue weighted by atomic mass is 10.1. The van der Waals surface area contributed by atoms with Crippen molar-refractivity contribution in [2.45, 2.75) is 72.3 Å². The van der Waals surface area contributed by atoms with Crippen molar-refractivity contribution in [3.05, 3.63) is 121 Å². The van der Waals surface area contributed by atoms with E-state index in [-0.39, 0.29) is 31.2 Å². The summed E-state index contributed by atoms with van der Waals surface area (Å²) in [4.78, 5) is 43.5. The molecule has 0 aliphatic carbocycles. The monoisotopic (exact) mass is 858 g/mol. The van der Waals surface area contributed by atoms with Gasteiger partial charge >= 0.3 is 23.3 Å². The number of nitro benzene ring substituents is 2. The number of hydrogen-bond donors (Lipinski definition) is 1. The van der Waals surface area contributed by atoms with Crippen molar-refractivity contribution in [2.75, 3.05) is 27.4 Å². The summed E-state index contributed by atoms with van der Waals surface area (Å²) in [6.07, 6.45) is 9.51. The maximum absolute atomic E-state index is 12.9. The number of benzene rings is 4. The Balaban J connectivity index is 0.000000192. The molecule has 2 aliphatic rings. The van der Waals surface area contributed by atoms with Crippen LogP contribution in [-0.2, 0) is 18.9 Å². The Bertz CT molecular complexity index is 2580. The van der Waals surface area contributed by atoms with Gasteiger partial charge in [0.1, 0.15) is 22.6 Å². The second-order valence-corrected chi connectivity index (χ2v) is 14.0. The molecule has 0 amide bonds. The lowest BCUT2D eigenvalue weighted by Gasteiger charge is -2.23. The second-order valence-electron chi connectivity index (χ2n) is 14.0. The summed E-state index contributed by atoms with van der Waals surface area (Å²) in [7, 11) is 2.24. The summed E-state index contributed by atoms with van der Waals surface area (Å²) in [5.41, 5.74) is 1.55. The van der Waals surface area contributed by atoms with E-state index in [4.69, 9.17) is 14.2 Å². The van der Waals surface area contributed by atoms with Crippen LogP contribution in [0.4, 0.5) is 15.8 Å². The smallest absolute Gasteiger partial charge is 0.345 e. The molecule has 2 aromatic heterocycles. The minimum atomic E-state index is -1.06. The summed E-state index contributed by atoms with van der Waals surface area (Å²) in [5, 5.41) is 42.4. The molecule has 18 nitrogen and oxygen atoms in total. The minimum Gasteiger partial charge on any atom is -0.507 e. The molecule has 0 bridgehead atoms. The third-order valence-corrected chi connectivity index (χ3v) is 10.1. The van der Waals surface area contributed by atoms with Gasteiger partial charge in [-0.25, -0.2) is 19.0 Å². The maximum Gasteiger partial charge on any atom is 0.345 e. The summed E-state index contributed by atoms with van der Waals surface area (Å²) in [6.45, 7) is 5.22. The summed E-state index contributed by atoms with van der Waals surface area (Å²) < 4.78 is 43.2. The van der Waals surface area contributed by atoms with Crippen molar-refractivity contribution in [3.8, 4) is 17.2 Å². The van der Waals surface area contributed by atoms with Gasteiger partial charge in [0, 0.05) is 13.2 Å². The number of phenolic OH excluding ortho intramolecular Hbond substituents is 1. The van der Waals surface area contributed by atoms with Crippen LogP contribution in [-0.4, -0.2) is 73.9 Å². The fourth-order valence-electron chi connectivity index (χ4n) is 7.00. The standard InChI is InChI=1S/C21H21N3O6.C13H16N2O2.C8H6FNO4.CH4/c1-13-9-10-16-15(12-22-23(16)18-8-3-4-11-29-18)20(13)30-17-7-5-6-14(21(25)28-2)19(17)24(26)27;1-9-5-6-11-10(13(9)16)8-14-15(11)12-4-2-3-7-17-12;1-14-8(11)5-3-2-4-6(9)7(5)10(12)13;/h5-7,9-10,12,18H,3-4,8,11H2,1-2H3;5-6,8,12,16H,2-4,7H2,1H3;2-4H,1H3;1H4. The van der Waals surface area contributed by atoms with Gasteiger partial charge in [0.15, 0.2) is 12.5 Å². The molecule has 2 atom stereocenters. The van der Waals surface area contributed by atoms with Crippen LogP contribution in [0.5, 0.6) is 17.2 Å². The molecular formula is C43H47FN6O12. The van der Waals surface area contributed by atoms with Crippen molar-refractivity contribution >= 4 is 45.1 Å². The molecule has 2 unspecified atom stereocenters. The summed E-state index contributed by atoms with van der Waals surface area (Å²) in [6, 6.07) is 15.3. The summed E-state index contributed by atoms with van der Waals surface area (Å²) in [5.74, 6) is -2.07. The average molecular weight is 859 g/mol. The van der Waals surface area contributed by atoms with Gasteiger partial charge in [-0.1, -0.05) is 31.7 Å². The number of esters is 2. The van der Waals surface area contributed by atoms with Crippen LogP contribution in [0.25, 0.3) is 21.8 Å². The molecule has 328 valence electrons. The number of phenols is 1. The van der Waals surface area contributed by atoms with Crippen LogP contribution in [0.15, 0.2) is 73.1 Å². The maximum atomic E-state index is 12.9. The number of para-hydroxylation sites is 2. The fourth-order valence-corrected chi connectivity index (χ4v) is 7.00. The highest BCUT2D eigenvalue weighted by Gasteiger charge is 2.29. The Morgan fingerprint density at radius 1 is 0.742 bits per heavy atom. The Hall–Kier alpha value is -6.99. The molecule has 62 heavy (non-hydrogen) atoms. The number of aromatic nitrogens is 4. The molecule has 19 heteroatoms. The van der Waals surface area contributed by atoms with E-state index in [2.05, 4.69) is 19.7 Å². The SMILES string of the molecule is C.COC(=O)c1cccc(F)c1[N+](=O)[O-].COC(=O)c1cccc(Oc2c(C)ccc3c2cnn3C2CCCCO2)c1[N+](=O)[O-].Cc1ccc2c(cnn2C2CCCCO2)c1O. The molecule has 2 fully saturated rings. The Morgan fingerprint density at radius 3 is 1.76 bits per heavy atom. The number of nitrogens with zero attached hydrogens (tertiary/aromatic N) is 6. The first-order valence-corrected chi connectivity index (χ1v) is 19.3. The number of carbonyl (C=O) groups is 2. The molecule has 6 aromatic rings. The van der Waals surface area contributed by atoms with Gasteiger partial charge in [0.05, 0.1) is 58.3 Å². The van der Waals surface area contributed by atoms with E-state index in [0.29, 0.717) is 23.5 Å². The van der Waals surface area contributed by atoms with Crippen LogP contribution in [0.1, 0.15) is 90.3 Å². The molecule has 4 aromatic carbocycles. The topological polar surface area (TPSA) is 222 Å². The quantitative estimate of drug-likeness (QED) is 0.0855. The van der Waals surface area contributed by atoms with Crippen LogP contribution in [0.3, 0.4) is 0 Å². The highest BCUT2D eigenvalue weighted by molar-refractivity contribution is 5.96. The van der Waals surface area contributed by atoms with Gasteiger partial charge < -0.3 is 28.8 Å². The van der Waals surface area contributed by atoms with E-state index < -0.39 is 44.5 Å². The number of nitro groups is 2. The number of hydrogen-bond acceptors (Lipinski definition) is 14. The molecular weight excluding hydrogens is 812 g/mol. The average Bonchev–Trinajstić information content (AvgIpc) is 3.91. The van der Waals surface area contributed by atoms with E-state index in [1.807, 2.05) is 47.5 Å². The molecule has 0 saturated carbocycles. The first-order valence-electron chi connectivity index (χ1n) is 19.3. The van der Waals surface area contributed by atoms with Crippen molar-refractivity contribution in [1.82, 2.24) is 19.6 Å². The Kier molecular flexibility index (Phi) is 15.2. The largest absolute Gasteiger partial charge is 0.507 e. The van der Waals surface area contributed by atoms with Gasteiger partial charge in [-0.15, -0.1) is 0 Å². The number of aromatic hydroxyl groups is 1. The van der Waals surface area contributed by atoms with E-state index in [9.17, 15) is 39.3 Å². The molecule has 0 radical (unpaired) electrons. The number of methoxy groups -OCH3 is 2. The van der Waals surface area contributed by atoms with Gasteiger partial charge in [-0.2, -0.15) is 14.6 Å². The van der Waals surface area contributed by atoms with E-state index in [1.54, 1.807) is 12.4 Å². The number of halogens is 1. The highest BCUT2D eigenvalue weighted by Crippen LogP contribution is 2.40. The van der Waals surface area contributed by atoms with E-state index in [1.165, 1.54) is 37.8 Å². The lowest BCUT2D eigenvalue weighted by molar-refractivity contribution is -0.387. The number of ether oxygens (including phenoxy) is 5. The highest BCUT2D eigenvalue weighted by atomic mass is 19.1. The molecule has 8 rings (SSSR count). The zero-order valence-electron chi connectivity index (χ0n) is 33.7. The molecule has 0 spiro atoms. The number of aryl methyl sites for hydroxylation is 2. The van der Waals surface area contributed by atoms with E-state index >= 15 is 0 Å². The Labute approximate surface area is 355 Å². The predicted octanol–water partition coefficient (Wildman–Crippen LogP) is 9.44. The molecule has 2 aliphatic heterocycles. The van der Waals surface area contributed by atoms with Gasteiger partial charge in [0.25, 0.3) is 0 Å². The lowest BCUT2D eigenvalue weighted by Crippen LogP contribution is -2.18. The van der Waals surface area contributed by atoms with Crippen molar-refractivity contribution in [1.29, 1.82) is 0 Å². The number of fused-ring (bicyclic) bond motifs is 2. The van der Waals surface area contributed by atoms with Crippen molar-refractivity contribution in [3.63, 3.8) is 0 Å². The Morgan fingerprint density at radius 2 is 1.24 bits per heavy atom. The zero-order valence-corrected chi connectivity index (χ0v) is 33.7. The molecule has 4 heterocycles. The fraction of sp³-hybridized carbons (Fsp3) is 0.349. The van der Waals surface area contributed by atoms with Crippen LogP contribution < -0.4 is 4.74 Å². The van der Waals surface area contributed by atoms with Crippen molar-refractivity contribution in [2.24, 2.45) is 0 Å². The third kappa shape index (κ3) is 9.79. The molecule has 1 N–H and O–H groups in total. The van der Waals surface area contributed by atoms with Crippen molar-refractivity contribution < 1.29 is 52.6 Å². The van der Waals surface area contributed by atoms with Crippen LogP contribution >= 0.6 is 0 Å². The number of rotatable bonds is 8. The van der Waals surface area contributed by atoms with Gasteiger partial charge in [-0.3, -0.25) is 20.2 Å². The first kappa shape index (κ1) is 46.1. The summed E-state index contributed by atoms with van der Waals surface area (Å²) >= 11 is 0. The molecule has 2 saturated heterocycles. The minimum absolute atomic E-state index is 0. The van der Waals surface area contributed by atoms with Gasteiger partial charge in [-0.05, 0) is 99.9 Å². The zero-order chi connectivity index (χ0) is 43.8. The second kappa shape index (κ2) is 20.5. The van der Waals surface area contributed by atoms with Crippen LogP contribution in [0.2, 0.25) is 0 Å². The first-order chi connectivity index (χ1) is 29.4. The van der Waals surface area contributed by atoms with Crippen LogP contribution in [0, 0.1) is 39.9 Å². The van der Waals surface area contributed by atoms with E-state index in [0.717, 1.165) is 85.5 Å². The third-order valence-electron chi connectivity index (χ3n) is 10.1. The predicted molar refractivity (Wildman–Crippen MR) is 224 cm³/mol. The van der Waals surface area contributed by atoms with Gasteiger partial charge in [0.2, 0.25) is 11.6 Å². The number of carbonyl (C=O) groups excluding carboxylic acids is 2. The normalized spacial score (nSPS) is 15.8.